The van der Waals surface area contributed by atoms with Crippen LogP contribution in [0.4, 0.5) is 0 Å². The van der Waals surface area contributed by atoms with Gasteiger partial charge in [-0.25, -0.2) is 26.3 Å². The summed E-state index contributed by atoms with van der Waals surface area (Å²) in [5.41, 5.74) is 0. The highest BCUT2D eigenvalue weighted by Crippen LogP contribution is 2.20. The Kier molecular flexibility index (Phi) is 4.68. The van der Waals surface area contributed by atoms with Crippen molar-refractivity contribution in [3.8, 4) is 5.75 Å². The molecule has 0 amide bonds. The van der Waals surface area contributed by atoms with Crippen molar-refractivity contribution in [1.82, 2.24) is 9.44 Å². The van der Waals surface area contributed by atoms with Gasteiger partial charge in [-0.2, -0.15) is 0 Å². The van der Waals surface area contributed by atoms with Crippen LogP contribution in [0.3, 0.4) is 0 Å². The van der Waals surface area contributed by atoms with Crippen LogP contribution in [0, 0.1) is 0 Å². The minimum absolute atomic E-state index is 0.0638. The third kappa shape index (κ3) is 4.61. The van der Waals surface area contributed by atoms with Gasteiger partial charge in [0.15, 0.2) is 0 Å². The molecule has 3 N–H and O–H groups in total. The third-order valence-electron chi connectivity index (χ3n) is 1.94. The highest BCUT2D eigenvalue weighted by atomic mass is 32.2. The van der Waals surface area contributed by atoms with Gasteiger partial charge in [-0.1, -0.05) is 12.1 Å². The molecule has 0 bridgehead atoms. The van der Waals surface area contributed by atoms with Gasteiger partial charge in [0.25, 0.3) is 0 Å². The lowest BCUT2D eigenvalue weighted by Crippen LogP contribution is -2.34. The van der Waals surface area contributed by atoms with Crippen LogP contribution in [0.15, 0.2) is 29.2 Å². The second kappa shape index (κ2) is 5.65. The number of phenolic OH excluding ortho intramolecular Hbond substituents is 1. The highest BCUT2D eigenvalue weighted by Gasteiger charge is 2.17. The average Bonchev–Trinajstić information content (AvgIpc) is 2.24. The SMILES string of the molecule is CS(=O)(=O)NCCNS(=O)(=O)c1ccccc1O. The van der Waals surface area contributed by atoms with Gasteiger partial charge in [0.2, 0.25) is 20.0 Å². The molecule has 18 heavy (non-hydrogen) atoms. The van der Waals surface area contributed by atoms with Gasteiger partial charge in [-0.3, -0.25) is 0 Å². The average molecular weight is 294 g/mol. The first-order valence-electron chi connectivity index (χ1n) is 4.95. The number of phenols is 1. The van der Waals surface area contributed by atoms with Crippen LogP contribution in [0.5, 0.6) is 5.75 Å². The lowest BCUT2D eigenvalue weighted by Gasteiger charge is -2.08. The van der Waals surface area contributed by atoms with Crippen molar-refractivity contribution >= 4 is 20.0 Å². The van der Waals surface area contributed by atoms with Crippen molar-refractivity contribution in [3.05, 3.63) is 24.3 Å². The Balaban J connectivity index is 2.65. The van der Waals surface area contributed by atoms with Crippen molar-refractivity contribution in [3.63, 3.8) is 0 Å². The molecule has 0 spiro atoms. The van der Waals surface area contributed by atoms with E-state index in [4.69, 9.17) is 0 Å². The molecule has 0 saturated heterocycles. The number of sulfonamides is 2. The molecule has 102 valence electrons. The zero-order valence-electron chi connectivity index (χ0n) is 9.62. The molecule has 0 atom stereocenters. The van der Waals surface area contributed by atoms with E-state index in [1.54, 1.807) is 0 Å². The molecule has 9 heteroatoms. The predicted octanol–water partition coefficient (Wildman–Crippen LogP) is -0.780. The summed E-state index contributed by atoms with van der Waals surface area (Å²) in [5.74, 6) is -0.360. The Labute approximate surface area is 106 Å². The Morgan fingerprint density at radius 2 is 1.61 bits per heavy atom. The van der Waals surface area contributed by atoms with E-state index in [1.807, 2.05) is 0 Å². The van der Waals surface area contributed by atoms with Crippen LogP contribution in [0.1, 0.15) is 0 Å². The van der Waals surface area contributed by atoms with Gasteiger partial charge in [0, 0.05) is 13.1 Å². The monoisotopic (exact) mass is 294 g/mol. The Morgan fingerprint density at radius 1 is 1.06 bits per heavy atom. The largest absolute Gasteiger partial charge is 0.507 e. The molecule has 1 rings (SSSR count). The summed E-state index contributed by atoms with van der Waals surface area (Å²) in [6, 6.07) is 5.48. The number of hydrogen-bond acceptors (Lipinski definition) is 5. The zero-order valence-corrected chi connectivity index (χ0v) is 11.3. The molecule has 0 radical (unpaired) electrons. The first kappa shape index (κ1) is 14.9. The summed E-state index contributed by atoms with van der Waals surface area (Å²) < 4.78 is 49.3. The molecular formula is C9H14N2O5S2. The maximum absolute atomic E-state index is 11.7. The van der Waals surface area contributed by atoms with E-state index < -0.39 is 20.0 Å². The van der Waals surface area contributed by atoms with Crippen LogP contribution >= 0.6 is 0 Å². The number of aromatic hydroxyl groups is 1. The van der Waals surface area contributed by atoms with E-state index in [2.05, 4.69) is 9.44 Å². The van der Waals surface area contributed by atoms with Gasteiger partial charge in [0.05, 0.1) is 6.26 Å². The standard InChI is InChI=1S/C9H14N2O5S2/c1-17(13,14)10-6-7-11-18(15,16)9-5-3-2-4-8(9)12/h2-5,10-12H,6-7H2,1H3. The predicted molar refractivity (Wildman–Crippen MR) is 66.1 cm³/mol. The molecule has 0 heterocycles. The molecule has 0 aliphatic carbocycles. The summed E-state index contributed by atoms with van der Waals surface area (Å²) in [6.07, 6.45) is 0.977. The lowest BCUT2D eigenvalue weighted by atomic mass is 10.3. The maximum Gasteiger partial charge on any atom is 0.244 e. The Hall–Kier alpha value is -1.16. The highest BCUT2D eigenvalue weighted by molar-refractivity contribution is 7.89. The molecule has 0 unspecified atom stereocenters. The minimum atomic E-state index is -3.84. The van der Waals surface area contributed by atoms with Crippen molar-refractivity contribution < 1.29 is 21.9 Å². The number of para-hydroxylation sites is 1. The maximum atomic E-state index is 11.7. The van der Waals surface area contributed by atoms with Crippen molar-refractivity contribution in [2.75, 3.05) is 19.3 Å². The second-order valence-electron chi connectivity index (χ2n) is 3.53. The first-order chi connectivity index (χ1) is 8.22. The van der Waals surface area contributed by atoms with E-state index in [1.165, 1.54) is 24.3 Å². The van der Waals surface area contributed by atoms with E-state index >= 15 is 0 Å². The molecular weight excluding hydrogens is 280 g/mol. The second-order valence-corrected chi connectivity index (χ2v) is 7.10. The molecule has 0 aromatic heterocycles. The third-order valence-corrected chi connectivity index (χ3v) is 4.17. The van der Waals surface area contributed by atoms with Crippen LogP contribution in [0.2, 0.25) is 0 Å². The topological polar surface area (TPSA) is 113 Å². The Morgan fingerprint density at radius 3 is 2.17 bits per heavy atom. The molecule has 1 aromatic carbocycles. The van der Waals surface area contributed by atoms with Gasteiger partial charge in [-0.15, -0.1) is 0 Å². The van der Waals surface area contributed by atoms with Gasteiger partial charge in [0.1, 0.15) is 10.6 Å². The fourth-order valence-electron chi connectivity index (χ4n) is 1.18. The number of benzene rings is 1. The van der Waals surface area contributed by atoms with Gasteiger partial charge in [-0.05, 0) is 12.1 Å². The van der Waals surface area contributed by atoms with Crippen LogP contribution in [-0.2, 0) is 20.0 Å². The van der Waals surface area contributed by atoms with E-state index in [9.17, 15) is 21.9 Å². The zero-order chi connectivity index (χ0) is 13.8. The van der Waals surface area contributed by atoms with E-state index in [0.29, 0.717) is 0 Å². The van der Waals surface area contributed by atoms with Crippen molar-refractivity contribution in [2.24, 2.45) is 0 Å². The summed E-state index contributed by atoms with van der Waals surface area (Å²) in [6.45, 7) is -0.171. The van der Waals surface area contributed by atoms with Crippen LogP contribution in [-0.4, -0.2) is 41.3 Å². The summed E-state index contributed by atoms with van der Waals surface area (Å²) in [5, 5.41) is 9.40. The summed E-state index contributed by atoms with van der Waals surface area (Å²) in [7, 11) is -7.19. The fraction of sp³-hybridized carbons (Fsp3) is 0.333. The summed E-state index contributed by atoms with van der Waals surface area (Å²) >= 11 is 0. The molecule has 0 saturated carbocycles. The van der Waals surface area contributed by atoms with Crippen LogP contribution < -0.4 is 9.44 Å². The Bertz CT molecular complexity index is 610. The molecule has 0 fully saturated rings. The normalized spacial score (nSPS) is 12.5. The lowest BCUT2D eigenvalue weighted by molar-refractivity contribution is 0.458. The summed E-state index contributed by atoms with van der Waals surface area (Å²) in [4.78, 5) is -0.246. The van der Waals surface area contributed by atoms with Crippen molar-refractivity contribution in [2.45, 2.75) is 4.90 Å². The smallest absolute Gasteiger partial charge is 0.244 e. The number of nitrogens with one attached hydrogen (secondary N) is 2. The van der Waals surface area contributed by atoms with Crippen LogP contribution in [0.25, 0.3) is 0 Å². The van der Waals surface area contributed by atoms with E-state index in [-0.39, 0.29) is 23.7 Å². The van der Waals surface area contributed by atoms with E-state index in [0.717, 1.165) is 6.26 Å². The minimum Gasteiger partial charge on any atom is -0.507 e. The van der Waals surface area contributed by atoms with Gasteiger partial charge >= 0.3 is 0 Å². The molecule has 0 aliphatic heterocycles. The molecule has 7 nitrogen and oxygen atoms in total. The number of hydrogen-bond donors (Lipinski definition) is 3. The number of rotatable bonds is 6. The molecule has 1 aromatic rings. The van der Waals surface area contributed by atoms with Crippen molar-refractivity contribution in [1.29, 1.82) is 0 Å². The fourth-order valence-corrected chi connectivity index (χ4v) is 2.78. The first-order valence-corrected chi connectivity index (χ1v) is 8.32. The quantitative estimate of drug-likeness (QED) is 0.596. The molecule has 0 aliphatic rings. The van der Waals surface area contributed by atoms with Gasteiger partial charge < -0.3 is 5.11 Å².